The van der Waals surface area contributed by atoms with Crippen LogP contribution in [0.4, 0.5) is 12.9 Å². The Bertz CT molecular complexity index is 561. The maximum absolute atomic E-state index is 12.9. The van der Waals surface area contributed by atoms with Crippen molar-refractivity contribution in [2.75, 3.05) is 18.1 Å². The van der Waals surface area contributed by atoms with Crippen molar-refractivity contribution in [3.63, 3.8) is 0 Å². The van der Waals surface area contributed by atoms with Gasteiger partial charge in [-0.05, 0) is 19.4 Å². The molecule has 0 aliphatic heterocycles. The van der Waals surface area contributed by atoms with E-state index >= 15 is 0 Å². The summed E-state index contributed by atoms with van der Waals surface area (Å²) in [5.74, 6) is -0.298. The van der Waals surface area contributed by atoms with Crippen LogP contribution in [0.1, 0.15) is 18.9 Å². The first-order chi connectivity index (χ1) is 9.15. The standard InChI is InChI=1S/C12H17BF3O3S.K/c1-3-20(17,18)8-4-7-19-12-6-5-10(2)9-11(12)13(14,15)16;/h5-6,9H,3-4,7-8H2,1-2H3;/q-1;+1. The topological polar surface area (TPSA) is 43.4 Å². The van der Waals surface area contributed by atoms with Gasteiger partial charge < -0.3 is 17.7 Å². The van der Waals surface area contributed by atoms with Gasteiger partial charge in [-0.2, -0.15) is 0 Å². The Morgan fingerprint density at radius 3 is 2.38 bits per heavy atom. The molecule has 0 spiro atoms. The summed E-state index contributed by atoms with van der Waals surface area (Å²) in [5.41, 5.74) is -0.275. The number of halogens is 3. The summed E-state index contributed by atoms with van der Waals surface area (Å²) in [4.78, 5) is 0. The van der Waals surface area contributed by atoms with Crippen molar-refractivity contribution >= 4 is 22.3 Å². The summed E-state index contributed by atoms with van der Waals surface area (Å²) in [6.07, 6.45) is 0.175. The van der Waals surface area contributed by atoms with E-state index in [-0.39, 0.29) is 81.7 Å². The summed E-state index contributed by atoms with van der Waals surface area (Å²) in [6, 6.07) is 3.84. The van der Waals surface area contributed by atoms with E-state index in [1.807, 2.05) is 0 Å². The van der Waals surface area contributed by atoms with Crippen molar-refractivity contribution in [3.05, 3.63) is 23.8 Å². The second-order valence-corrected chi connectivity index (χ2v) is 7.03. The van der Waals surface area contributed by atoms with Crippen molar-refractivity contribution in [3.8, 4) is 5.75 Å². The molecule has 1 aromatic rings. The zero-order valence-corrected chi connectivity index (χ0v) is 16.3. The fraction of sp³-hybridized carbons (Fsp3) is 0.500. The quantitative estimate of drug-likeness (QED) is 0.482. The Morgan fingerprint density at radius 2 is 1.86 bits per heavy atom. The number of rotatable bonds is 7. The minimum atomic E-state index is -5.15. The number of aryl methyl sites for hydroxylation is 1. The van der Waals surface area contributed by atoms with E-state index in [9.17, 15) is 21.4 Å². The maximum atomic E-state index is 12.9. The summed E-state index contributed by atoms with van der Waals surface area (Å²) < 4.78 is 66.2. The molecular weight excluding hydrogens is 331 g/mol. The van der Waals surface area contributed by atoms with Crippen molar-refractivity contribution in [1.82, 2.24) is 0 Å². The van der Waals surface area contributed by atoms with Crippen LogP contribution in [0.15, 0.2) is 18.2 Å². The number of sulfone groups is 1. The molecule has 0 heterocycles. The molecule has 0 N–H and O–H groups in total. The van der Waals surface area contributed by atoms with Gasteiger partial charge in [0.15, 0.2) is 0 Å². The third kappa shape index (κ3) is 7.52. The molecule has 0 fully saturated rings. The van der Waals surface area contributed by atoms with Crippen LogP contribution in [0, 0.1) is 6.92 Å². The molecule has 0 amide bonds. The molecule has 0 unspecified atom stereocenters. The van der Waals surface area contributed by atoms with Gasteiger partial charge in [0, 0.05) is 5.75 Å². The molecule has 21 heavy (non-hydrogen) atoms. The molecular formula is C12H17BF3KO3S. The number of hydrogen-bond acceptors (Lipinski definition) is 3. The fourth-order valence-corrected chi connectivity index (χ4v) is 2.51. The predicted octanol–water partition coefficient (Wildman–Crippen LogP) is -0.743. The van der Waals surface area contributed by atoms with Crippen LogP contribution in [0.5, 0.6) is 5.75 Å². The van der Waals surface area contributed by atoms with E-state index in [2.05, 4.69) is 0 Å². The van der Waals surface area contributed by atoms with Crippen LogP contribution in [-0.2, 0) is 9.84 Å². The first-order valence-corrected chi connectivity index (χ1v) is 8.11. The molecule has 0 bridgehead atoms. The fourth-order valence-electron chi connectivity index (χ4n) is 1.66. The maximum Gasteiger partial charge on any atom is 1.00 e. The van der Waals surface area contributed by atoms with Crippen LogP contribution in [0.2, 0.25) is 0 Å². The Kier molecular flexibility index (Phi) is 9.12. The van der Waals surface area contributed by atoms with Crippen molar-refractivity contribution in [2.45, 2.75) is 20.3 Å². The smallest absolute Gasteiger partial charge is 0.497 e. The molecule has 0 radical (unpaired) electrons. The molecule has 0 aliphatic carbocycles. The van der Waals surface area contributed by atoms with Gasteiger partial charge >= 0.3 is 58.4 Å². The molecule has 0 aliphatic rings. The normalized spacial score (nSPS) is 11.9. The molecule has 9 heteroatoms. The van der Waals surface area contributed by atoms with E-state index in [1.165, 1.54) is 19.1 Å². The van der Waals surface area contributed by atoms with Crippen LogP contribution in [-0.4, -0.2) is 33.5 Å². The van der Waals surface area contributed by atoms with Gasteiger partial charge in [0.2, 0.25) is 0 Å². The SMILES string of the molecule is CCS(=O)(=O)CCCOc1ccc(C)cc1[B-](F)(F)F.[K+]. The monoisotopic (exact) mass is 348 g/mol. The number of hydrogen-bond donors (Lipinski definition) is 0. The van der Waals surface area contributed by atoms with E-state index in [1.54, 1.807) is 6.92 Å². The Hall–Kier alpha value is 0.461. The second-order valence-electron chi connectivity index (χ2n) is 4.55. The zero-order chi connectivity index (χ0) is 15.4. The van der Waals surface area contributed by atoms with Gasteiger partial charge in [-0.1, -0.05) is 30.1 Å². The summed E-state index contributed by atoms with van der Waals surface area (Å²) >= 11 is 0. The van der Waals surface area contributed by atoms with Crippen molar-refractivity contribution in [1.29, 1.82) is 0 Å². The molecule has 1 rings (SSSR count). The average molecular weight is 348 g/mol. The molecule has 0 atom stereocenters. The van der Waals surface area contributed by atoms with Gasteiger partial charge in [0.1, 0.15) is 9.84 Å². The Balaban J connectivity index is 0.00000400. The summed E-state index contributed by atoms with van der Waals surface area (Å²) in [7, 11) is -3.12. The van der Waals surface area contributed by atoms with E-state index in [4.69, 9.17) is 4.74 Å². The third-order valence-electron chi connectivity index (χ3n) is 2.82. The van der Waals surface area contributed by atoms with Gasteiger partial charge in [-0.3, -0.25) is 0 Å². The first-order valence-electron chi connectivity index (χ1n) is 6.29. The first kappa shape index (κ1) is 21.5. The third-order valence-corrected chi connectivity index (χ3v) is 4.61. The Morgan fingerprint density at radius 1 is 1.24 bits per heavy atom. The van der Waals surface area contributed by atoms with Gasteiger partial charge in [0.25, 0.3) is 0 Å². The van der Waals surface area contributed by atoms with Crippen LogP contribution in [0.25, 0.3) is 0 Å². The molecule has 0 saturated carbocycles. The van der Waals surface area contributed by atoms with Crippen molar-refractivity contribution in [2.24, 2.45) is 0 Å². The number of ether oxygens (including phenoxy) is 1. The molecule has 0 aromatic heterocycles. The minimum Gasteiger partial charge on any atom is -0.497 e. The van der Waals surface area contributed by atoms with Gasteiger partial charge in [-0.15, -0.1) is 0 Å². The van der Waals surface area contributed by atoms with Gasteiger partial charge in [0.05, 0.1) is 18.1 Å². The molecule has 0 saturated heterocycles. The second kappa shape index (κ2) is 8.93. The predicted molar refractivity (Wildman–Crippen MR) is 74.3 cm³/mol. The summed E-state index contributed by atoms with van der Waals surface area (Å²) in [6.45, 7) is -2.10. The molecule has 114 valence electrons. The average Bonchev–Trinajstić information content (AvgIpc) is 2.35. The Labute approximate surface area is 166 Å². The summed E-state index contributed by atoms with van der Waals surface area (Å²) in [5, 5.41) is 0. The minimum absolute atomic E-state index is 0. The van der Waals surface area contributed by atoms with Crippen LogP contribution < -0.4 is 61.6 Å². The van der Waals surface area contributed by atoms with E-state index in [0.29, 0.717) is 5.56 Å². The van der Waals surface area contributed by atoms with E-state index < -0.39 is 22.3 Å². The largest absolute Gasteiger partial charge is 1.00 e. The number of benzene rings is 1. The molecule has 3 nitrogen and oxygen atoms in total. The van der Waals surface area contributed by atoms with Gasteiger partial charge in [-0.25, -0.2) is 8.42 Å². The van der Waals surface area contributed by atoms with Crippen molar-refractivity contribution < 1.29 is 77.5 Å². The zero-order valence-electron chi connectivity index (χ0n) is 12.4. The van der Waals surface area contributed by atoms with Crippen LogP contribution >= 0.6 is 0 Å². The van der Waals surface area contributed by atoms with E-state index in [0.717, 1.165) is 6.07 Å². The van der Waals surface area contributed by atoms with Crippen LogP contribution in [0.3, 0.4) is 0 Å². The molecule has 1 aromatic carbocycles.